The van der Waals surface area contributed by atoms with Crippen LogP contribution in [0.3, 0.4) is 0 Å². The van der Waals surface area contributed by atoms with E-state index < -0.39 is 5.60 Å². The molecule has 0 radical (unpaired) electrons. The van der Waals surface area contributed by atoms with Crippen LogP contribution in [0.5, 0.6) is 0 Å². The van der Waals surface area contributed by atoms with Crippen molar-refractivity contribution in [2.24, 2.45) is 5.92 Å². The molecule has 1 amide bonds. The third kappa shape index (κ3) is 4.73. The maximum atomic E-state index is 12.2. The van der Waals surface area contributed by atoms with Gasteiger partial charge in [0.1, 0.15) is 5.60 Å². The molecule has 1 saturated heterocycles. The summed E-state index contributed by atoms with van der Waals surface area (Å²) in [4.78, 5) is 13.9. The Labute approximate surface area is 133 Å². The zero-order chi connectivity index (χ0) is 16.3. The lowest BCUT2D eigenvalue weighted by atomic mass is 9.88. The summed E-state index contributed by atoms with van der Waals surface area (Å²) in [5.41, 5.74) is 1.93. The number of ether oxygens (including phenoxy) is 1. The number of aryl methyl sites for hydroxylation is 1. The fourth-order valence-electron chi connectivity index (χ4n) is 2.85. The van der Waals surface area contributed by atoms with Crippen molar-refractivity contribution in [2.75, 3.05) is 13.1 Å². The summed E-state index contributed by atoms with van der Waals surface area (Å²) < 4.78 is 5.44. The van der Waals surface area contributed by atoms with Gasteiger partial charge >= 0.3 is 6.09 Å². The summed E-state index contributed by atoms with van der Waals surface area (Å²) in [5.74, 6) is 0.0584. The van der Waals surface area contributed by atoms with Gasteiger partial charge in [0.05, 0.1) is 6.10 Å². The van der Waals surface area contributed by atoms with Crippen LogP contribution in [0, 0.1) is 12.8 Å². The van der Waals surface area contributed by atoms with Gasteiger partial charge in [0.2, 0.25) is 0 Å². The van der Waals surface area contributed by atoms with E-state index in [1.54, 1.807) is 4.90 Å². The quantitative estimate of drug-likeness (QED) is 0.913. The van der Waals surface area contributed by atoms with Crippen molar-refractivity contribution in [3.8, 4) is 0 Å². The Kier molecular flexibility index (Phi) is 5.12. The van der Waals surface area contributed by atoms with Crippen LogP contribution in [-0.4, -0.2) is 40.9 Å². The van der Waals surface area contributed by atoms with Gasteiger partial charge in [-0.1, -0.05) is 29.8 Å². The van der Waals surface area contributed by atoms with E-state index in [1.165, 1.54) is 11.1 Å². The Bertz CT molecular complexity index is 521. The van der Waals surface area contributed by atoms with E-state index in [9.17, 15) is 9.90 Å². The first kappa shape index (κ1) is 16.8. The molecule has 0 spiro atoms. The van der Waals surface area contributed by atoms with Crippen molar-refractivity contribution in [1.29, 1.82) is 0 Å². The summed E-state index contributed by atoms with van der Waals surface area (Å²) in [6.07, 6.45) is 0.741. The number of aliphatic hydroxyl groups is 1. The van der Waals surface area contributed by atoms with E-state index >= 15 is 0 Å². The lowest BCUT2D eigenvalue weighted by Gasteiger charge is -2.37. The first-order valence-corrected chi connectivity index (χ1v) is 7.96. The van der Waals surface area contributed by atoms with Gasteiger partial charge in [-0.25, -0.2) is 4.79 Å². The molecular weight excluding hydrogens is 278 g/mol. The molecule has 0 aromatic heterocycles. The van der Waals surface area contributed by atoms with Gasteiger partial charge in [0, 0.05) is 19.0 Å². The van der Waals surface area contributed by atoms with Gasteiger partial charge in [-0.05, 0) is 46.1 Å². The second kappa shape index (κ2) is 6.69. The highest BCUT2D eigenvalue weighted by Gasteiger charge is 2.32. The standard InChI is InChI=1S/C18H27NO3/c1-13-6-5-7-14(10-13)11-15-12-19(9-8-16(15)20)17(21)22-18(2,3)4/h5-7,10,15-16,20H,8-9,11-12H2,1-4H3/t15-,16+/m0/s1. The minimum atomic E-state index is -0.487. The minimum Gasteiger partial charge on any atom is -0.444 e. The van der Waals surface area contributed by atoms with Crippen LogP contribution in [0.4, 0.5) is 4.79 Å². The summed E-state index contributed by atoms with van der Waals surface area (Å²) in [6, 6.07) is 8.31. The normalized spacial score (nSPS) is 22.5. The Morgan fingerprint density at radius 3 is 2.77 bits per heavy atom. The second-order valence-electron chi connectivity index (χ2n) is 7.24. The van der Waals surface area contributed by atoms with Crippen LogP contribution < -0.4 is 0 Å². The predicted octanol–water partition coefficient (Wildman–Crippen LogP) is 3.16. The van der Waals surface area contributed by atoms with Crippen molar-refractivity contribution < 1.29 is 14.6 Å². The molecule has 1 heterocycles. The fourth-order valence-corrected chi connectivity index (χ4v) is 2.85. The van der Waals surface area contributed by atoms with Crippen molar-refractivity contribution in [3.63, 3.8) is 0 Å². The molecule has 1 aromatic carbocycles. The highest BCUT2D eigenvalue weighted by molar-refractivity contribution is 5.68. The van der Waals surface area contributed by atoms with E-state index in [-0.39, 0.29) is 18.1 Å². The molecular formula is C18H27NO3. The predicted molar refractivity (Wildman–Crippen MR) is 86.8 cm³/mol. The van der Waals surface area contributed by atoms with Crippen LogP contribution in [0.25, 0.3) is 0 Å². The van der Waals surface area contributed by atoms with Crippen molar-refractivity contribution in [1.82, 2.24) is 4.90 Å². The number of hydrogen-bond acceptors (Lipinski definition) is 3. The number of carbonyl (C=O) groups excluding carboxylic acids is 1. The van der Waals surface area contributed by atoms with Crippen molar-refractivity contribution in [3.05, 3.63) is 35.4 Å². The van der Waals surface area contributed by atoms with Crippen LogP contribution in [-0.2, 0) is 11.2 Å². The van der Waals surface area contributed by atoms with E-state index in [1.807, 2.05) is 26.8 Å². The largest absolute Gasteiger partial charge is 0.444 e. The number of piperidine rings is 1. The molecule has 1 fully saturated rings. The highest BCUT2D eigenvalue weighted by atomic mass is 16.6. The zero-order valence-electron chi connectivity index (χ0n) is 14.0. The lowest BCUT2D eigenvalue weighted by Crippen LogP contribution is -2.48. The summed E-state index contributed by atoms with van der Waals surface area (Å²) in [5, 5.41) is 10.3. The molecule has 1 aliphatic heterocycles. The molecule has 0 aliphatic carbocycles. The van der Waals surface area contributed by atoms with Crippen LogP contribution in [0.15, 0.2) is 24.3 Å². The Morgan fingerprint density at radius 2 is 2.14 bits per heavy atom. The maximum absolute atomic E-state index is 12.2. The van der Waals surface area contributed by atoms with Gasteiger partial charge < -0.3 is 14.7 Å². The average Bonchev–Trinajstić information content (AvgIpc) is 2.39. The van der Waals surface area contributed by atoms with E-state index in [4.69, 9.17) is 4.74 Å². The lowest BCUT2D eigenvalue weighted by molar-refractivity contribution is -0.00824. The topological polar surface area (TPSA) is 49.8 Å². The molecule has 4 heteroatoms. The Morgan fingerprint density at radius 1 is 1.41 bits per heavy atom. The smallest absolute Gasteiger partial charge is 0.410 e. The van der Waals surface area contributed by atoms with E-state index in [0.29, 0.717) is 19.5 Å². The van der Waals surface area contributed by atoms with Crippen LogP contribution in [0.2, 0.25) is 0 Å². The molecule has 0 bridgehead atoms. The summed E-state index contributed by atoms with van der Waals surface area (Å²) in [7, 11) is 0. The molecule has 1 aromatic rings. The number of benzene rings is 1. The van der Waals surface area contributed by atoms with Gasteiger partial charge in [-0.15, -0.1) is 0 Å². The molecule has 22 heavy (non-hydrogen) atoms. The molecule has 0 unspecified atom stereocenters. The maximum Gasteiger partial charge on any atom is 0.410 e. The van der Waals surface area contributed by atoms with Crippen molar-refractivity contribution in [2.45, 2.75) is 52.2 Å². The van der Waals surface area contributed by atoms with Gasteiger partial charge in [-0.2, -0.15) is 0 Å². The summed E-state index contributed by atoms with van der Waals surface area (Å²) in [6.45, 7) is 8.77. The fraction of sp³-hybridized carbons (Fsp3) is 0.611. The molecule has 2 rings (SSSR count). The molecule has 4 nitrogen and oxygen atoms in total. The summed E-state index contributed by atoms with van der Waals surface area (Å²) >= 11 is 0. The molecule has 1 N–H and O–H groups in total. The SMILES string of the molecule is Cc1cccc(C[C@H]2CN(C(=O)OC(C)(C)C)CC[C@H]2O)c1. The highest BCUT2D eigenvalue weighted by Crippen LogP contribution is 2.23. The van der Waals surface area contributed by atoms with Crippen LogP contribution in [0.1, 0.15) is 38.3 Å². The van der Waals surface area contributed by atoms with E-state index in [2.05, 4.69) is 25.1 Å². The molecule has 2 atom stereocenters. The zero-order valence-corrected chi connectivity index (χ0v) is 14.0. The number of carbonyl (C=O) groups is 1. The molecule has 122 valence electrons. The van der Waals surface area contributed by atoms with Gasteiger partial charge in [0.15, 0.2) is 0 Å². The third-order valence-corrected chi connectivity index (χ3v) is 3.93. The number of aliphatic hydroxyl groups excluding tert-OH is 1. The first-order chi connectivity index (χ1) is 10.2. The number of amides is 1. The second-order valence-corrected chi connectivity index (χ2v) is 7.24. The molecule has 0 saturated carbocycles. The van der Waals surface area contributed by atoms with Crippen LogP contribution >= 0.6 is 0 Å². The average molecular weight is 305 g/mol. The van der Waals surface area contributed by atoms with Gasteiger partial charge in [-0.3, -0.25) is 0 Å². The number of nitrogens with zero attached hydrogens (tertiary/aromatic N) is 1. The first-order valence-electron chi connectivity index (χ1n) is 7.96. The minimum absolute atomic E-state index is 0.0584. The number of rotatable bonds is 2. The third-order valence-electron chi connectivity index (χ3n) is 3.93. The number of hydrogen-bond donors (Lipinski definition) is 1. The van der Waals surface area contributed by atoms with E-state index in [0.717, 1.165) is 6.42 Å². The van der Waals surface area contributed by atoms with Gasteiger partial charge in [0.25, 0.3) is 0 Å². The van der Waals surface area contributed by atoms with Crippen molar-refractivity contribution >= 4 is 6.09 Å². The number of likely N-dealkylation sites (tertiary alicyclic amines) is 1. The monoisotopic (exact) mass is 305 g/mol. The molecule has 1 aliphatic rings. The Balaban J connectivity index is 2.00. The Hall–Kier alpha value is -1.55.